The summed E-state index contributed by atoms with van der Waals surface area (Å²) in [6, 6.07) is 11.6. The molecule has 1 aromatic heterocycles. The molecule has 15 heteroatoms. The van der Waals surface area contributed by atoms with Gasteiger partial charge in [-0.1, -0.05) is 42.5 Å². The second kappa shape index (κ2) is 11.4. The van der Waals surface area contributed by atoms with Crippen molar-refractivity contribution in [3.63, 3.8) is 0 Å². The Labute approximate surface area is 241 Å². The van der Waals surface area contributed by atoms with Crippen LogP contribution in [0.1, 0.15) is 30.9 Å². The van der Waals surface area contributed by atoms with E-state index in [0.29, 0.717) is 44.5 Å². The summed E-state index contributed by atoms with van der Waals surface area (Å²) in [6.07, 6.45) is -11.7. The number of rotatable bonds is 7. The number of ether oxygens (including phenoxy) is 2. The molecule has 3 heterocycles. The Morgan fingerprint density at radius 3 is 2.33 bits per heavy atom. The van der Waals surface area contributed by atoms with Crippen LogP contribution >= 0.6 is 0 Å². The molecule has 2 atom stereocenters. The standard InChI is InChI=1S/C28H27F6N5O4/c29-27(30,31)23(18-7-6-17(16-4-2-1-3-5-16)12-20(18)43-28(32,33)34)42-22-13-21(37-25(35)38-22)39-10-8-26(9-11-39)14-19(24(40)41)36-15-26/h1-7,12-13,19,23,36H,8-11,14-15H2,(H,40,41)(H2,35,37,38)/t19-,23+/m0/s1. The van der Waals surface area contributed by atoms with Gasteiger partial charge in [0.05, 0.1) is 0 Å². The first kappa shape index (κ1) is 30.2. The van der Waals surface area contributed by atoms with Crippen LogP contribution in [0.15, 0.2) is 54.6 Å². The number of halogens is 6. The van der Waals surface area contributed by atoms with Gasteiger partial charge in [0.2, 0.25) is 17.9 Å². The number of hydrogen-bond donors (Lipinski definition) is 3. The molecule has 9 nitrogen and oxygen atoms in total. The Bertz CT molecular complexity index is 1460. The summed E-state index contributed by atoms with van der Waals surface area (Å²) in [4.78, 5) is 21.0. The van der Waals surface area contributed by atoms with Gasteiger partial charge in [-0.05, 0) is 41.9 Å². The smallest absolute Gasteiger partial charge is 0.480 e. The van der Waals surface area contributed by atoms with E-state index in [1.165, 1.54) is 6.07 Å². The fourth-order valence-corrected chi connectivity index (χ4v) is 5.54. The van der Waals surface area contributed by atoms with E-state index in [-0.39, 0.29) is 16.8 Å². The number of benzene rings is 2. The summed E-state index contributed by atoms with van der Waals surface area (Å²) in [5, 5.41) is 12.3. The zero-order valence-electron chi connectivity index (χ0n) is 22.5. The van der Waals surface area contributed by atoms with E-state index in [2.05, 4.69) is 20.0 Å². The first-order valence-electron chi connectivity index (χ1n) is 13.3. The molecule has 0 radical (unpaired) electrons. The largest absolute Gasteiger partial charge is 0.573 e. The van der Waals surface area contributed by atoms with Crippen molar-refractivity contribution in [2.75, 3.05) is 30.3 Å². The minimum Gasteiger partial charge on any atom is -0.480 e. The molecule has 4 N–H and O–H groups in total. The van der Waals surface area contributed by atoms with E-state index >= 15 is 0 Å². The van der Waals surface area contributed by atoms with Crippen molar-refractivity contribution in [3.05, 3.63) is 60.2 Å². The number of anilines is 2. The number of alkyl halides is 6. The number of nitrogens with two attached hydrogens (primary N) is 1. The second-order valence-corrected chi connectivity index (χ2v) is 10.6. The first-order chi connectivity index (χ1) is 20.2. The molecule has 0 unspecified atom stereocenters. The van der Waals surface area contributed by atoms with Crippen molar-refractivity contribution in [1.82, 2.24) is 15.3 Å². The highest BCUT2D eigenvalue weighted by Crippen LogP contribution is 2.44. The fourth-order valence-electron chi connectivity index (χ4n) is 5.54. The number of nitrogens with zero attached hydrogens (tertiary/aromatic N) is 3. The van der Waals surface area contributed by atoms with E-state index in [4.69, 9.17) is 10.5 Å². The Morgan fingerprint density at radius 1 is 1.02 bits per heavy atom. The van der Waals surface area contributed by atoms with Crippen LogP contribution in [0.4, 0.5) is 38.1 Å². The van der Waals surface area contributed by atoms with Crippen LogP contribution in [0, 0.1) is 5.41 Å². The van der Waals surface area contributed by atoms with Gasteiger partial charge in [0.25, 0.3) is 0 Å². The Kier molecular flexibility index (Phi) is 8.03. The van der Waals surface area contributed by atoms with Crippen LogP contribution in [0.3, 0.4) is 0 Å². The van der Waals surface area contributed by atoms with E-state index in [1.807, 2.05) is 0 Å². The number of hydrogen-bond acceptors (Lipinski definition) is 8. The molecule has 0 aliphatic carbocycles. The molecule has 2 fully saturated rings. The number of aliphatic carboxylic acids is 1. The summed E-state index contributed by atoms with van der Waals surface area (Å²) in [5.74, 6) is -2.82. The van der Waals surface area contributed by atoms with Crippen molar-refractivity contribution in [2.45, 2.75) is 43.9 Å². The van der Waals surface area contributed by atoms with Crippen molar-refractivity contribution < 1.29 is 45.7 Å². The number of piperidine rings is 1. The zero-order valence-corrected chi connectivity index (χ0v) is 22.5. The monoisotopic (exact) mass is 611 g/mol. The summed E-state index contributed by atoms with van der Waals surface area (Å²) >= 11 is 0. The van der Waals surface area contributed by atoms with Gasteiger partial charge in [-0.3, -0.25) is 4.79 Å². The van der Waals surface area contributed by atoms with Crippen molar-refractivity contribution >= 4 is 17.7 Å². The predicted molar refractivity (Wildman–Crippen MR) is 142 cm³/mol. The number of carboxylic acids is 1. The molecular weight excluding hydrogens is 584 g/mol. The maximum Gasteiger partial charge on any atom is 0.573 e. The normalized spacial score (nSPS) is 19.3. The highest BCUT2D eigenvalue weighted by Gasteiger charge is 2.47. The maximum atomic E-state index is 14.3. The first-order valence-corrected chi connectivity index (χ1v) is 13.3. The van der Waals surface area contributed by atoms with Crippen LogP contribution in [0.2, 0.25) is 0 Å². The highest BCUT2D eigenvalue weighted by atomic mass is 19.4. The fraction of sp³-hybridized carbons (Fsp3) is 0.393. The van der Waals surface area contributed by atoms with Crippen LogP contribution in [-0.4, -0.2) is 59.3 Å². The van der Waals surface area contributed by atoms with E-state index in [9.17, 15) is 36.2 Å². The molecule has 2 aliphatic heterocycles. The highest BCUT2D eigenvalue weighted by molar-refractivity contribution is 5.74. The van der Waals surface area contributed by atoms with Crippen LogP contribution < -0.4 is 25.4 Å². The summed E-state index contributed by atoms with van der Waals surface area (Å²) in [6.45, 7) is 1.35. The molecule has 2 aliphatic rings. The predicted octanol–water partition coefficient (Wildman–Crippen LogP) is 5.34. The van der Waals surface area contributed by atoms with Gasteiger partial charge in [0.1, 0.15) is 17.6 Å². The summed E-state index contributed by atoms with van der Waals surface area (Å²) in [5.41, 5.74) is 5.32. The molecular formula is C28H27F6N5O4. The lowest BCUT2D eigenvalue weighted by Crippen LogP contribution is -2.41. The quantitative estimate of drug-likeness (QED) is 0.304. The molecule has 5 rings (SSSR count). The van der Waals surface area contributed by atoms with Gasteiger partial charge >= 0.3 is 18.5 Å². The average molecular weight is 612 g/mol. The molecule has 0 saturated carbocycles. The third-order valence-corrected chi connectivity index (χ3v) is 7.68. The van der Waals surface area contributed by atoms with E-state index in [0.717, 1.165) is 18.2 Å². The molecule has 0 amide bonds. The number of nitrogen functional groups attached to an aromatic ring is 1. The van der Waals surface area contributed by atoms with E-state index < -0.39 is 53.8 Å². The number of carboxylic acid groups (broad SMARTS) is 1. The molecule has 2 saturated heterocycles. The third kappa shape index (κ3) is 7.04. The Morgan fingerprint density at radius 2 is 1.72 bits per heavy atom. The molecule has 1 spiro atoms. The van der Waals surface area contributed by atoms with Crippen molar-refractivity contribution in [1.29, 1.82) is 0 Å². The van der Waals surface area contributed by atoms with Crippen LogP contribution in [0.5, 0.6) is 11.6 Å². The summed E-state index contributed by atoms with van der Waals surface area (Å²) < 4.78 is 92.2. The second-order valence-electron chi connectivity index (χ2n) is 10.6. The molecule has 3 aromatic rings. The van der Waals surface area contributed by atoms with Crippen molar-refractivity contribution in [3.8, 4) is 22.8 Å². The molecule has 2 aromatic carbocycles. The topological polar surface area (TPSA) is 123 Å². The number of nitrogens with one attached hydrogen (secondary N) is 1. The van der Waals surface area contributed by atoms with Gasteiger partial charge in [0, 0.05) is 31.3 Å². The van der Waals surface area contributed by atoms with Gasteiger partial charge in [-0.15, -0.1) is 13.2 Å². The van der Waals surface area contributed by atoms with Gasteiger partial charge in [0.15, 0.2) is 0 Å². The minimum atomic E-state index is -5.28. The average Bonchev–Trinajstić information content (AvgIpc) is 3.35. The Balaban J connectivity index is 1.42. The maximum absolute atomic E-state index is 14.3. The SMILES string of the molecule is Nc1nc(O[C@H](c2ccc(-c3ccccc3)cc2OC(F)(F)F)C(F)(F)F)cc(N2CCC3(CC2)CN[C@H](C(=O)O)C3)n1. The minimum absolute atomic E-state index is 0.171. The number of aromatic nitrogens is 2. The molecule has 0 bridgehead atoms. The summed E-state index contributed by atoms with van der Waals surface area (Å²) in [7, 11) is 0. The van der Waals surface area contributed by atoms with Crippen LogP contribution in [-0.2, 0) is 4.79 Å². The van der Waals surface area contributed by atoms with Crippen LogP contribution in [0.25, 0.3) is 11.1 Å². The lowest BCUT2D eigenvalue weighted by molar-refractivity contribution is -0.276. The number of carbonyl (C=O) groups is 1. The lowest BCUT2D eigenvalue weighted by Gasteiger charge is -2.39. The van der Waals surface area contributed by atoms with Gasteiger partial charge < -0.3 is 30.5 Å². The van der Waals surface area contributed by atoms with E-state index in [1.54, 1.807) is 35.2 Å². The van der Waals surface area contributed by atoms with Crippen molar-refractivity contribution in [2.24, 2.45) is 5.41 Å². The zero-order chi connectivity index (χ0) is 31.0. The molecule has 230 valence electrons. The molecule has 43 heavy (non-hydrogen) atoms. The van der Waals surface area contributed by atoms with Gasteiger partial charge in [-0.25, -0.2) is 0 Å². The Hall–Kier alpha value is -4.27. The third-order valence-electron chi connectivity index (χ3n) is 7.68. The van der Waals surface area contributed by atoms with Gasteiger partial charge in [-0.2, -0.15) is 23.1 Å². The lowest BCUT2D eigenvalue weighted by atomic mass is 9.76.